The maximum Gasteiger partial charge on any atom is 0.123 e. The first kappa shape index (κ1) is 15.6. The average Bonchev–Trinajstić information content (AvgIpc) is 2.90. The molecule has 0 saturated heterocycles. The fourth-order valence-electron chi connectivity index (χ4n) is 2.11. The third kappa shape index (κ3) is 4.33. The number of nitrogens with one attached hydrogen (secondary N) is 1. The van der Waals surface area contributed by atoms with E-state index in [9.17, 15) is 0 Å². The van der Waals surface area contributed by atoms with E-state index in [1.165, 1.54) is 11.1 Å². The van der Waals surface area contributed by atoms with Gasteiger partial charge in [0.25, 0.3) is 0 Å². The summed E-state index contributed by atoms with van der Waals surface area (Å²) in [5.41, 5.74) is 2.40. The number of para-hydroxylation sites is 1. The van der Waals surface area contributed by atoms with E-state index >= 15 is 0 Å². The van der Waals surface area contributed by atoms with Crippen LogP contribution < -0.4 is 10.1 Å². The van der Waals surface area contributed by atoms with E-state index in [-0.39, 0.29) is 5.54 Å². The van der Waals surface area contributed by atoms with E-state index < -0.39 is 0 Å². The summed E-state index contributed by atoms with van der Waals surface area (Å²) >= 11 is 0. The second-order valence-corrected chi connectivity index (χ2v) is 6.11. The van der Waals surface area contributed by atoms with Crippen molar-refractivity contribution in [1.82, 2.24) is 15.1 Å². The second-order valence-electron chi connectivity index (χ2n) is 6.11. The summed E-state index contributed by atoms with van der Waals surface area (Å²) in [6, 6.07) is 8.15. The zero-order valence-electron chi connectivity index (χ0n) is 13.4. The highest BCUT2D eigenvalue weighted by Crippen LogP contribution is 2.18. The molecule has 0 aliphatic rings. The van der Waals surface area contributed by atoms with Crippen LogP contribution in [0.15, 0.2) is 36.7 Å². The molecule has 0 radical (unpaired) electrons. The SMILES string of the molecule is CCOc1ccccc1CNCc1cnn(C(C)(C)C)c1. The van der Waals surface area contributed by atoms with Crippen molar-refractivity contribution in [2.24, 2.45) is 0 Å². The summed E-state index contributed by atoms with van der Waals surface area (Å²) in [5, 5.41) is 7.86. The van der Waals surface area contributed by atoms with E-state index in [4.69, 9.17) is 4.74 Å². The zero-order chi connectivity index (χ0) is 15.3. The van der Waals surface area contributed by atoms with Gasteiger partial charge in [-0.1, -0.05) is 18.2 Å². The van der Waals surface area contributed by atoms with Crippen LogP contribution in [0.5, 0.6) is 5.75 Å². The van der Waals surface area contributed by atoms with Crippen LogP contribution in [0, 0.1) is 0 Å². The normalized spacial score (nSPS) is 11.6. The van der Waals surface area contributed by atoms with Gasteiger partial charge in [0.1, 0.15) is 5.75 Å². The molecular formula is C17H25N3O. The van der Waals surface area contributed by atoms with Gasteiger partial charge >= 0.3 is 0 Å². The van der Waals surface area contributed by atoms with Crippen molar-refractivity contribution in [3.63, 3.8) is 0 Å². The Bertz CT molecular complexity index is 569. The van der Waals surface area contributed by atoms with Gasteiger partial charge in [-0.3, -0.25) is 4.68 Å². The van der Waals surface area contributed by atoms with Crippen molar-refractivity contribution >= 4 is 0 Å². The lowest BCUT2D eigenvalue weighted by molar-refractivity contribution is 0.335. The molecule has 4 nitrogen and oxygen atoms in total. The summed E-state index contributed by atoms with van der Waals surface area (Å²) in [4.78, 5) is 0. The number of ether oxygens (including phenoxy) is 1. The van der Waals surface area contributed by atoms with Crippen LogP contribution in [0.25, 0.3) is 0 Å². The molecule has 1 N–H and O–H groups in total. The highest BCUT2D eigenvalue weighted by molar-refractivity contribution is 5.33. The molecule has 4 heteroatoms. The lowest BCUT2D eigenvalue weighted by Crippen LogP contribution is -2.22. The molecule has 1 aromatic carbocycles. The van der Waals surface area contributed by atoms with Gasteiger partial charge in [-0.05, 0) is 33.8 Å². The van der Waals surface area contributed by atoms with Crippen LogP contribution in [0.1, 0.15) is 38.8 Å². The fraction of sp³-hybridized carbons (Fsp3) is 0.471. The predicted octanol–water partition coefficient (Wildman–Crippen LogP) is 3.33. The quantitative estimate of drug-likeness (QED) is 0.886. The topological polar surface area (TPSA) is 39.1 Å². The minimum Gasteiger partial charge on any atom is -0.494 e. The predicted molar refractivity (Wildman–Crippen MR) is 85.4 cm³/mol. The van der Waals surface area contributed by atoms with Gasteiger partial charge in [-0.25, -0.2) is 0 Å². The lowest BCUT2D eigenvalue weighted by Gasteiger charge is -2.18. The van der Waals surface area contributed by atoms with Crippen LogP contribution in [-0.2, 0) is 18.6 Å². The second kappa shape index (κ2) is 6.76. The summed E-state index contributed by atoms with van der Waals surface area (Å²) < 4.78 is 7.63. The molecule has 0 fully saturated rings. The summed E-state index contributed by atoms with van der Waals surface area (Å²) in [7, 11) is 0. The lowest BCUT2D eigenvalue weighted by atomic mass is 10.1. The van der Waals surface area contributed by atoms with E-state index in [1.807, 2.05) is 36.0 Å². The Morgan fingerprint density at radius 2 is 1.95 bits per heavy atom. The van der Waals surface area contributed by atoms with Crippen molar-refractivity contribution in [2.75, 3.05) is 6.61 Å². The third-order valence-corrected chi connectivity index (χ3v) is 3.24. The average molecular weight is 287 g/mol. The maximum absolute atomic E-state index is 5.63. The standard InChI is InChI=1S/C17H25N3O/c1-5-21-16-9-7-6-8-15(16)12-18-10-14-11-19-20(13-14)17(2,3)4/h6-9,11,13,18H,5,10,12H2,1-4H3. The highest BCUT2D eigenvalue weighted by Gasteiger charge is 2.13. The van der Waals surface area contributed by atoms with Crippen LogP contribution >= 0.6 is 0 Å². The van der Waals surface area contributed by atoms with E-state index in [0.717, 1.165) is 18.8 Å². The number of aromatic nitrogens is 2. The van der Waals surface area contributed by atoms with E-state index in [1.54, 1.807) is 0 Å². The van der Waals surface area contributed by atoms with Crippen LogP contribution in [0.2, 0.25) is 0 Å². The highest BCUT2D eigenvalue weighted by atomic mass is 16.5. The smallest absolute Gasteiger partial charge is 0.123 e. The summed E-state index contributed by atoms with van der Waals surface area (Å²) in [6.45, 7) is 10.7. The van der Waals surface area contributed by atoms with Crippen LogP contribution in [-0.4, -0.2) is 16.4 Å². The third-order valence-electron chi connectivity index (χ3n) is 3.24. The van der Waals surface area contributed by atoms with Crippen molar-refractivity contribution in [1.29, 1.82) is 0 Å². The minimum absolute atomic E-state index is 0.0276. The first-order valence-electron chi connectivity index (χ1n) is 7.46. The molecule has 114 valence electrons. The number of nitrogens with zero attached hydrogens (tertiary/aromatic N) is 2. The Kier molecular flexibility index (Phi) is 5.02. The first-order chi connectivity index (χ1) is 10.0. The molecule has 2 aromatic rings. The van der Waals surface area contributed by atoms with Crippen LogP contribution in [0.3, 0.4) is 0 Å². The minimum atomic E-state index is 0.0276. The van der Waals surface area contributed by atoms with Gasteiger partial charge in [-0.15, -0.1) is 0 Å². The molecule has 0 unspecified atom stereocenters. The molecule has 0 aliphatic carbocycles. The van der Waals surface area contributed by atoms with Crippen LogP contribution in [0.4, 0.5) is 0 Å². The monoisotopic (exact) mass is 287 g/mol. The molecular weight excluding hydrogens is 262 g/mol. The van der Waals surface area contributed by atoms with Gasteiger partial charge in [0.2, 0.25) is 0 Å². The Hall–Kier alpha value is -1.81. The fourth-order valence-corrected chi connectivity index (χ4v) is 2.11. The van der Waals surface area contributed by atoms with E-state index in [2.05, 4.69) is 43.4 Å². The van der Waals surface area contributed by atoms with Gasteiger partial charge in [-0.2, -0.15) is 5.10 Å². The number of rotatable bonds is 6. The Morgan fingerprint density at radius 1 is 1.19 bits per heavy atom. The van der Waals surface area contributed by atoms with Gasteiger partial charge in [0.15, 0.2) is 0 Å². The van der Waals surface area contributed by atoms with Gasteiger partial charge in [0, 0.05) is 30.4 Å². The molecule has 0 atom stereocenters. The Labute approximate surface area is 127 Å². The van der Waals surface area contributed by atoms with Gasteiger partial charge in [0.05, 0.1) is 18.3 Å². The van der Waals surface area contributed by atoms with Crippen molar-refractivity contribution < 1.29 is 4.74 Å². The summed E-state index contributed by atoms with van der Waals surface area (Å²) in [5.74, 6) is 0.956. The number of hydrogen-bond acceptors (Lipinski definition) is 3. The largest absolute Gasteiger partial charge is 0.494 e. The van der Waals surface area contributed by atoms with Gasteiger partial charge < -0.3 is 10.1 Å². The molecule has 0 aliphatic heterocycles. The molecule has 0 saturated carbocycles. The van der Waals surface area contributed by atoms with Crippen molar-refractivity contribution in [3.05, 3.63) is 47.8 Å². The number of benzene rings is 1. The number of hydrogen-bond donors (Lipinski definition) is 1. The summed E-state index contributed by atoms with van der Waals surface area (Å²) in [6.07, 6.45) is 4.02. The molecule has 0 bridgehead atoms. The van der Waals surface area contributed by atoms with Crippen molar-refractivity contribution in [2.45, 2.75) is 46.3 Å². The Morgan fingerprint density at radius 3 is 2.62 bits per heavy atom. The molecule has 0 amide bonds. The Balaban J connectivity index is 1.91. The molecule has 0 spiro atoms. The molecule has 2 rings (SSSR count). The van der Waals surface area contributed by atoms with Crippen molar-refractivity contribution in [3.8, 4) is 5.75 Å². The van der Waals surface area contributed by atoms with E-state index in [0.29, 0.717) is 6.61 Å². The zero-order valence-corrected chi connectivity index (χ0v) is 13.4. The first-order valence-corrected chi connectivity index (χ1v) is 7.46. The molecule has 1 heterocycles. The molecule has 1 aromatic heterocycles. The maximum atomic E-state index is 5.63. The molecule has 21 heavy (non-hydrogen) atoms.